The third-order valence-electron chi connectivity index (χ3n) is 3.00. The summed E-state index contributed by atoms with van der Waals surface area (Å²) in [5, 5.41) is 0. The zero-order valence-electron chi connectivity index (χ0n) is 11.0. The number of Topliss-reactive ketones (excluding diaryl/α,β-unsaturated/α-hetero) is 1. The highest BCUT2D eigenvalue weighted by molar-refractivity contribution is 5.81. The summed E-state index contributed by atoms with van der Waals surface area (Å²) in [6, 6.07) is 11.5. The number of carbonyl (C=O) groups excluding carboxylic acids is 1. The van der Waals surface area contributed by atoms with Crippen LogP contribution in [0.5, 0.6) is 5.75 Å². The molecule has 0 atom stereocenters. The second kappa shape index (κ2) is 6.69. The average molecular weight is 255 g/mol. The van der Waals surface area contributed by atoms with Gasteiger partial charge in [0, 0.05) is 30.8 Å². The first kappa shape index (κ1) is 13.3. The molecule has 0 aliphatic carbocycles. The number of carbonyl (C=O) groups is 1. The van der Waals surface area contributed by atoms with E-state index in [4.69, 9.17) is 4.74 Å². The number of aryl methyl sites for hydroxylation is 1. The van der Waals surface area contributed by atoms with Gasteiger partial charge in [-0.15, -0.1) is 0 Å². The molecule has 3 heteroatoms. The number of hydrogen-bond acceptors (Lipinski definition) is 3. The van der Waals surface area contributed by atoms with Gasteiger partial charge in [0.2, 0.25) is 0 Å². The van der Waals surface area contributed by atoms with E-state index in [9.17, 15) is 4.79 Å². The first-order valence-corrected chi connectivity index (χ1v) is 6.32. The Kier molecular flexibility index (Phi) is 4.67. The van der Waals surface area contributed by atoms with Crippen LogP contribution in [0.1, 0.15) is 17.5 Å². The van der Waals surface area contributed by atoms with E-state index < -0.39 is 0 Å². The van der Waals surface area contributed by atoms with Crippen LogP contribution in [0.4, 0.5) is 0 Å². The molecule has 0 unspecified atom stereocenters. The quantitative estimate of drug-likeness (QED) is 0.796. The Hall–Kier alpha value is -2.16. The largest absolute Gasteiger partial charge is 0.496 e. The summed E-state index contributed by atoms with van der Waals surface area (Å²) >= 11 is 0. The van der Waals surface area contributed by atoms with Gasteiger partial charge in [-0.05, 0) is 24.1 Å². The minimum Gasteiger partial charge on any atom is -0.496 e. The van der Waals surface area contributed by atoms with Crippen LogP contribution in [0.25, 0.3) is 0 Å². The van der Waals surface area contributed by atoms with Crippen LogP contribution in [-0.2, 0) is 17.6 Å². The van der Waals surface area contributed by atoms with Gasteiger partial charge < -0.3 is 4.74 Å². The SMILES string of the molecule is COc1ccccc1CC(=O)CCc1cccnc1. The van der Waals surface area contributed by atoms with Crippen LogP contribution in [-0.4, -0.2) is 17.9 Å². The number of methoxy groups -OCH3 is 1. The average Bonchev–Trinajstić information content (AvgIpc) is 2.47. The van der Waals surface area contributed by atoms with Crippen LogP contribution in [0.2, 0.25) is 0 Å². The Balaban J connectivity index is 1.91. The Morgan fingerprint density at radius 2 is 2.05 bits per heavy atom. The molecule has 0 aliphatic rings. The minimum absolute atomic E-state index is 0.216. The lowest BCUT2D eigenvalue weighted by Gasteiger charge is -2.07. The molecule has 0 amide bonds. The van der Waals surface area contributed by atoms with E-state index in [2.05, 4.69) is 4.98 Å². The molecule has 0 radical (unpaired) electrons. The van der Waals surface area contributed by atoms with Gasteiger partial charge in [-0.3, -0.25) is 9.78 Å². The van der Waals surface area contributed by atoms with Crippen molar-refractivity contribution >= 4 is 5.78 Å². The Morgan fingerprint density at radius 3 is 2.79 bits per heavy atom. The standard InChI is InChI=1S/C16H17NO2/c1-19-16-7-3-2-6-14(16)11-15(18)9-8-13-5-4-10-17-12-13/h2-7,10,12H,8-9,11H2,1H3. The highest BCUT2D eigenvalue weighted by Crippen LogP contribution is 2.18. The fraction of sp³-hybridized carbons (Fsp3) is 0.250. The molecule has 0 spiro atoms. The molecule has 19 heavy (non-hydrogen) atoms. The molecule has 3 nitrogen and oxygen atoms in total. The van der Waals surface area contributed by atoms with Gasteiger partial charge in [-0.1, -0.05) is 24.3 Å². The van der Waals surface area contributed by atoms with E-state index >= 15 is 0 Å². The lowest BCUT2D eigenvalue weighted by atomic mass is 10.0. The van der Waals surface area contributed by atoms with Gasteiger partial charge in [-0.25, -0.2) is 0 Å². The second-order valence-electron chi connectivity index (χ2n) is 4.39. The van der Waals surface area contributed by atoms with Crippen molar-refractivity contribution in [3.8, 4) is 5.75 Å². The maximum Gasteiger partial charge on any atom is 0.137 e. The van der Waals surface area contributed by atoms with Crippen LogP contribution < -0.4 is 4.74 Å². The number of hydrogen-bond donors (Lipinski definition) is 0. The van der Waals surface area contributed by atoms with Crippen LogP contribution in [0.3, 0.4) is 0 Å². The molecule has 2 aromatic rings. The van der Waals surface area contributed by atoms with Crippen molar-refractivity contribution in [2.75, 3.05) is 7.11 Å². The predicted octanol–water partition coefficient (Wildman–Crippen LogP) is 2.83. The lowest BCUT2D eigenvalue weighted by Crippen LogP contribution is -2.05. The van der Waals surface area contributed by atoms with E-state index in [1.165, 1.54) is 0 Å². The van der Waals surface area contributed by atoms with Gasteiger partial charge in [0.15, 0.2) is 0 Å². The number of pyridine rings is 1. The van der Waals surface area contributed by atoms with Crippen molar-refractivity contribution in [2.45, 2.75) is 19.3 Å². The van der Waals surface area contributed by atoms with E-state index in [0.717, 1.165) is 23.3 Å². The number of nitrogens with zero attached hydrogens (tertiary/aromatic N) is 1. The molecule has 0 bridgehead atoms. The molecule has 0 N–H and O–H groups in total. The van der Waals surface area contributed by atoms with Crippen molar-refractivity contribution in [1.29, 1.82) is 0 Å². The number of rotatable bonds is 6. The monoisotopic (exact) mass is 255 g/mol. The molecule has 0 aliphatic heterocycles. The first-order chi connectivity index (χ1) is 9.29. The first-order valence-electron chi connectivity index (χ1n) is 6.32. The summed E-state index contributed by atoms with van der Waals surface area (Å²) in [6.45, 7) is 0. The van der Waals surface area contributed by atoms with E-state index in [0.29, 0.717) is 12.8 Å². The van der Waals surface area contributed by atoms with Crippen LogP contribution >= 0.6 is 0 Å². The van der Waals surface area contributed by atoms with Gasteiger partial charge in [0.25, 0.3) is 0 Å². The molecule has 0 saturated carbocycles. The lowest BCUT2D eigenvalue weighted by molar-refractivity contribution is -0.118. The van der Waals surface area contributed by atoms with E-state index in [1.807, 2.05) is 36.4 Å². The number of para-hydroxylation sites is 1. The fourth-order valence-corrected chi connectivity index (χ4v) is 1.98. The Bertz CT molecular complexity index is 537. The Labute approximate surface area is 113 Å². The minimum atomic E-state index is 0.216. The summed E-state index contributed by atoms with van der Waals surface area (Å²) in [6.07, 6.45) is 5.23. The number of ketones is 1. The molecule has 1 aromatic heterocycles. The number of aromatic nitrogens is 1. The molecular weight excluding hydrogens is 238 g/mol. The molecule has 1 heterocycles. The summed E-state index contributed by atoms with van der Waals surface area (Å²) in [5.74, 6) is 0.991. The summed E-state index contributed by atoms with van der Waals surface area (Å²) in [7, 11) is 1.62. The Morgan fingerprint density at radius 1 is 1.21 bits per heavy atom. The maximum absolute atomic E-state index is 12.0. The van der Waals surface area contributed by atoms with E-state index in [1.54, 1.807) is 19.5 Å². The third-order valence-corrected chi connectivity index (χ3v) is 3.00. The topological polar surface area (TPSA) is 39.2 Å². The van der Waals surface area contributed by atoms with Gasteiger partial charge >= 0.3 is 0 Å². The summed E-state index contributed by atoms with van der Waals surface area (Å²) in [4.78, 5) is 16.0. The van der Waals surface area contributed by atoms with Crippen molar-refractivity contribution < 1.29 is 9.53 Å². The predicted molar refractivity (Wildman–Crippen MR) is 74.3 cm³/mol. The van der Waals surface area contributed by atoms with E-state index in [-0.39, 0.29) is 5.78 Å². The number of benzene rings is 1. The zero-order chi connectivity index (χ0) is 13.5. The highest BCUT2D eigenvalue weighted by atomic mass is 16.5. The van der Waals surface area contributed by atoms with Crippen LogP contribution in [0.15, 0.2) is 48.8 Å². The summed E-state index contributed by atoms with van der Waals surface area (Å²) < 4.78 is 5.25. The molecule has 2 rings (SSSR count). The van der Waals surface area contributed by atoms with Gasteiger partial charge in [0.1, 0.15) is 11.5 Å². The summed E-state index contributed by atoms with van der Waals surface area (Å²) in [5.41, 5.74) is 2.04. The smallest absolute Gasteiger partial charge is 0.137 e. The van der Waals surface area contributed by atoms with Gasteiger partial charge in [0.05, 0.1) is 7.11 Å². The zero-order valence-corrected chi connectivity index (χ0v) is 11.0. The van der Waals surface area contributed by atoms with Crippen molar-refractivity contribution in [3.63, 3.8) is 0 Å². The highest BCUT2D eigenvalue weighted by Gasteiger charge is 2.08. The van der Waals surface area contributed by atoms with Crippen molar-refractivity contribution in [2.24, 2.45) is 0 Å². The van der Waals surface area contributed by atoms with Crippen molar-refractivity contribution in [3.05, 3.63) is 59.9 Å². The van der Waals surface area contributed by atoms with Crippen LogP contribution in [0, 0.1) is 0 Å². The normalized spacial score (nSPS) is 10.2. The second-order valence-corrected chi connectivity index (χ2v) is 4.39. The maximum atomic E-state index is 12.0. The molecule has 98 valence electrons. The molecule has 0 fully saturated rings. The molecule has 0 saturated heterocycles. The third kappa shape index (κ3) is 3.91. The van der Waals surface area contributed by atoms with Gasteiger partial charge in [-0.2, -0.15) is 0 Å². The molecule has 1 aromatic carbocycles. The number of ether oxygens (including phenoxy) is 1. The van der Waals surface area contributed by atoms with Crippen molar-refractivity contribution in [1.82, 2.24) is 4.98 Å². The molecular formula is C16H17NO2. The fourth-order valence-electron chi connectivity index (χ4n) is 1.98.